The Balaban J connectivity index is 2.48. The lowest BCUT2D eigenvalue weighted by Crippen LogP contribution is -2.39. The molecule has 0 fully saturated rings. The minimum atomic E-state index is -1.65. The highest BCUT2D eigenvalue weighted by Gasteiger charge is 2.37. The summed E-state index contributed by atoms with van der Waals surface area (Å²) in [6.45, 7) is 12.2. The monoisotopic (exact) mass is 237 g/mol. The number of hydrogen-bond acceptors (Lipinski definition) is 2. The summed E-state index contributed by atoms with van der Waals surface area (Å²) in [6.07, 6.45) is 12.1. The van der Waals surface area contributed by atoms with Gasteiger partial charge in [-0.15, -0.1) is 0 Å². The van der Waals surface area contributed by atoms with Crippen molar-refractivity contribution in [2.24, 2.45) is 0 Å². The molecular weight excluding hydrogens is 214 g/mol. The average molecular weight is 237 g/mol. The topological polar surface area (TPSA) is 12.5 Å². The summed E-state index contributed by atoms with van der Waals surface area (Å²) in [5.41, 5.74) is 0. The number of nitrogens with zero attached hydrogens (tertiary/aromatic N) is 1. The van der Waals surface area contributed by atoms with Crippen LogP contribution in [-0.4, -0.2) is 19.8 Å². The van der Waals surface area contributed by atoms with E-state index in [9.17, 15) is 0 Å². The summed E-state index contributed by atoms with van der Waals surface area (Å²) in [4.78, 5) is 2.10. The molecule has 0 bridgehead atoms. The Hall–Kier alpha value is -0.963. The highest BCUT2D eigenvalue weighted by molar-refractivity contribution is 6.74. The van der Waals surface area contributed by atoms with Gasteiger partial charge in [0.25, 0.3) is 0 Å². The van der Waals surface area contributed by atoms with Gasteiger partial charge in [-0.05, 0) is 24.2 Å². The van der Waals surface area contributed by atoms with Gasteiger partial charge in [-0.1, -0.05) is 32.9 Å². The molecule has 0 aliphatic carbocycles. The van der Waals surface area contributed by atoms with Crippen molar-refractivity contribution in [3.05, 3.63) is 36.9 Å². The van der Waals surface area contributed by atoms with Crippen LogP contribution in [0.25, 0.3) is 0 Å². The molecule has 1 aliphatic heterocycles. The number of rotatable bonds is 3. The smallest absolute Gasteiger partial charge is 0.249 e. The van der Waals surface area contributed by atoms with Crippen LogP contribution in [-0.2, 0) is 4.43 Å². The molecule has 16 heavy (non-hydrogen) atoms. The molecule has 0 saturated heterocycles. The predicted octanol–water partition coefficient (Wildman–Crippen LogP) is 3.86. The van der Waals surface area contributed by atoms with Gasteiger partial charge in [-0.25, -0.2) is 0 Å². The van der Waals surface area contributed by atoms with Gasteiger partial charge in [0.1, 0.15) is 0 Å². The summed E-state index contributed by atoms with van der Waals surface area (Å²) >= 11 is 0. The summed E-state index contributed by atoms with van der Waals surface area (Å²) in [5, 5.41) is 0.259. The Labute approximate surface area is 100 Å². The SMILES string of the molecule is CC(C)(C)[Si](C)(C)OC=CN1C=CC=CC1. The molecule has 0 aromatic carbocycles. The summed E-state index contributed by atoms with van der Waals surface area (Å²) in [7, 11) is -1.65. The average Bonchev–Trinajstić information content (AvgIpc) is 2.17. The first kappa shape index (κ1) is 13.1. The van der Waals surface area contributed by atoms with E-state index in [4.69, 9.17) is 4.43 Å². The molecule has 90 valence electrons. The van der Waals surface area contributed by atoms with Crippen molar-refractivity contribution in [1.29, 1.82) is 0 Å². The molecule has 3 heteroatoms. The number of allylic oxidation sites excluding steroid dienone is 2. The van der Waals surface area contributed by atoms with Crippen molar-refractivity contribution in [2.45, 2.75) is 38.9 Å². The molecule has 0 N–H and O–H groups in total. The van der Waals surface area contributed by atoms with Crippen LogP contribution in [0.1, 0.15) is 20.8 Å². The lowest BCUT2D eigenvalue weighted by Gasteiger charge is -2.35. The Morgan fingerprint density at radius 3 is 2.44 bits per heavy atom. The Kier molecular flexibility index (Phi) is 4.02. The van der Waals surface area contributed by atoms with Crippen molar-refractivity contribution in [3.8, 4) is 0 Å². The van der Waals surface area contributed by atoms with Crippen molar-refractivity contribution in [3.63, 3.8) is 0 Å². The normalized spacial score (nSPS) is 17.2. The largest absolute Gasteiger partial charge is 0.548 e. The Morgan fingerprint density at radius 1 is 1.25 bits per heavy atom. The van der Waals surface area contributed by atoms with E-state index in [1.807, 2.05) is 24.7 Å². The minimum absolute atomic E-state index is 0.259. The molecular formula is C13H23NOSi. The second-order valence-corrected chi connectivity index (χ2v) is 10.4. The van der Waals surface area contributed by atoms with Crippen LogP contribution in [0.2, 0.25) is 18.1 Å². The first-order valence-corrected chi connectivity index (χ1v) is 8.67. The van der Waals surface area contributed by atoms with Gasteiger partial charge < -0.3 is 9.33 Å². The van der Waals surface area contributed by atoms with E-state index in [2.05, 4.69) is 50.9 Å². The van der Waals surface area contributed by atoms with E-state index in [0.717, 1.165) is 6.54 Å². The van der Waals surface area contributed by atoms with Crippen molar-refractivity contribution < 1.29 is 4.43 Å². The van der Waals surface area contributed by atoms with E-state index in [0.29, 0.717) is 0 Å². The molecule has 0 aromatic rings. The zero-order chi connectivity index (χ0) is 12.2. The molecule has 0 radical (unpaired) electrons. The molecule has 1 aliphatic rings. The third-order valence-corrected chi connectivity index (χ3v) is 7.60. The van der Waals surface area contributed by atoms with Crippen LogP contribution in [0.5, 0.6) is 0 Å². The first-order chi connectivity index (χ1) is 7.33. The zero-order valence-corrected chi connectivity index (χ0v) is 12.0. The Bertz CT molecular complexity index is 310. The van der Waals surface area contributed by atoms with Gasteiger partial charge >= 0.3 is 0 Å². The molecule has 0 saturated carbocycles. The fourth-order valence-electron chi connectivity index (χ4n) is 1.05. The van der Waals surface area contributed by atoms with Crippen LogP contribution >= 0.6 is 0 Å². The van der Waals surface area contributed by atoms with E-state index in [-0.39, 0.29) is 5.04 Å². The van der Waals surface area contributed by atoms with Gasteiger partial charge in [0.15, 0.2) is 0 Å². The lowest BCUT2D eigenvalue weighted by atomic mass is 10.2. The number of hydrogen-bond donors (Lipinski definition) is 0. The third-order valence-electron chi connectivity index (χ3n) is 3.26. The molecule has 1 rings (SSSR count). The molecule has 0 atom stereocenters. The van der Waals surface area contributed by atoms with Gasteiger partial charge in [0, 0.05) is 18.9 Å². The van der Waals surface area contributed by atoms with Crippen molar-refractivity contribution in [2.75, 3.05) is 6.54 Å². The summed E-state index contributed by atoms with van der Waals surface area (Å²) in [6, 6.07) is 0. The fourth-order valence-corrected chi connectivity index (χ4v) is 1.80. The van der Waals surface area contributed by atoms with Crippen molar-refractivity contribution >= 4 is 8.32 Å². The molecule has 1 heterocycles. The van der Waals surface area contributed by atoms with Crippen LogP contribution < -0.4 is 0 Å². The standard InChI is InChI=1S/C13H23NOSi/c1-13(2,3)16(4,5)15-12-11-14-9-7-6-8-10-14/h6-9,11-12H,10H2,1-5H3. The van der Waals surface area contributed by atoms with Crippen LogP contribution in [0.4, 0.5) is 0 Å². The summed E-state index contributed by atoms with van der Waals surface area (Å²) in [5.74, 6) is 0. The molecule has 2 nitrogen and oxygen atoms in total. The molecule has 0 amide bonds. The minimum Gasteiger partial charge on any atom is -0.548 e. The fraction of sp³-hybridized carbons (Fsp3) is 0.538. The second-order valence-electron chi connectivity index (χ2n) is 5.63. The quantitative estimate of drug-likeness (QED) is 0.546. The maximum atomic E-state index is 5.96. The van der Waals surface area contributed by atoms with Gasteiger partial charge in [0.05, 0.1) is 6.26 Å². The Morgan fingerprint density at radius 2 is 1.94 bits per heavy atom. The molecule has 0 unspecified atom stereocenters. The highest BCUT2D eigenvalue weighted by Crippen LogP contribution is 2.36. The first-order valence-electron chi connectivity index (χ1n) is 5.76. The lowest BCUT2D eigenvalue weighted by molar-refractivity contribution is 0.414. The van der Waals surface area contributed by atoms with Crippen LogP contribution in [0, 0.1) is 0 Å². The van der Waals surface area contributed by atoms with Crippen LogP contribution in [0.3, 0.4) is 0 Å². The van der Waals surface area contributed by atoms with Crippen LogP contribution in [0.15, 0.2) is 36.9 Å². The summed E-state index contributed by atoms with van der Waals surface area (Å²) < 4.78 is 5.96. The van der Waals surface area contributed by atoms with E-state index < -0.39 is 8.32 Å². The predicted molar refractivity (Wildman–Crippen MR) is 72.4 cm³/mol. The van der Waals surface area contributed by atoms with Gasteiger partial charge in [0.2, 0.25) is 8.32 Å². The third kappa shape index (κ3) is 3.56. The van der Waals surface area contributed by atoms with Gasteiger partial charge in [-0.2, -0.15) is 0 Å². The highest BCUT2D eigenvalue weighted by atomic mass is 28.4. The van der Waals surface area contributed by atoms with Crippen molar-refractivity contribution in [1.82, 2.24) is 4.90 Å². The molecule has 0 aromatic heterocycles. The second kappa shape index (κ2) is 4.91. The van der Waals surface area contributed by atoms with E-state index in [1.165, 1.54) is 0 Å². The van der Waals surface area contributed by atoms with Gasteiger partial charge in [-0.3, -0.25) is 0 Å². The van der Waals surface area contributed by atoms with E-state index in [1.54, 1.807) is 0 Å². The van der Waals surface area contributed by atoms with E-state index >= 15 is 0 Å². The maximum Gasteiger partial charge on any atom is 0.249 e. The molecule has 0 spiro atoms. The zero-order valence-electron chi connectivity index (χ0n) is 11.0. The maximum absolute atomic E-state index is 5.96.